The third kappa shape index (κ3) is 1.40. The lowest BCUT2D eigenvalue weighted by molar-refractivity contribution is -0.118. The molecule has 1 aliphatic rings. The van der Waals surface area contributed by atoms with Crippen molar-refractivity contribution in [3.05, 3.63) is 11.6 Å². The zero-order valence-electron chi connectivity index (χ0n) is 6.59. The molecule has 0 aliphatic carbocycles. The molecule has 1 heterocycles. The Kier molecular flexibility index (Phi) is 1.95. The van der Waals surface area contributed by atoms with E-state index in [0.717, 1.165) is 0 Å². The Bertz CT molecular complexity index is 249. The second-order valence-electron chi connectivity index (χ2n) is 2.81. The van der Waals surface area contributed by atoms with Gasteiger partial charge in [-0.25, -0.2) is 0 Å². The van der Waals surface area contributed by atoms with Gasteiger partial charge >= 0.3 is 0 Å². The Morgan fingerprint density at radius 3 is 2.82 bits per heavy atom. The molecule has 0 spiro atoms. The third-order valence-corrected chi connectivity index (χ3v) is 1.94. The molecule has 0 bridgehead atoms. The minimum Gasteiger partial charge on any atom is -0.348 e. The van der Waals surface area contributed by atoms with E-state index < -0.39 is 0 Å². The molecular formula is C8H10N2O. The van der Waals surface area contributed by atoms with Crippen LogP contribution in [-0.4, -0.2) is 11.9 Å². The molecule has 11 heavy (non-hydrogen) atoms. The lowest BCUT2D eigenvalue weighted by Crippen LogP contribution is -2.41. The third-order valence-electron chi connectivity index (χ3n) is 1.94. The molecule has 1 amide bonds. The molecule has 1 N–H and O–H groups in total. The number of nitrogens with zero attached hydrogens (tertiary/aromatic N) is 1. The number of rotatable bonds is 0. The van der Waals surface area contributed by atoms with Crippen LogP contribution in [-0.2, 0) is 4.79 Å². The van der Waals surface area contributed by atoms with Crippen LogP contribution < -0.4 is 5.32 Å². The highest BCUT2D eigenvalue weighted by molar-refractivity contribution is 5.98. The molecule has 1 aliphatic heterocycles. The molecule has 0 aromatic rings. The number of carbonyl (C=O) groups excluding carboxylic acids is 1. The van der Waals surface area contributed by atoms with Gasteiger partial charge in [-0.3, -0.25) is 4.79 Å². The van der Waals surface area contributed by atoms with Crippen LogP contribution in [0, 0.1) is 17.2 Å². The van der Waals surface area contributed by atoms with Gasteiger partial charge in [-0.1, -0.05) is 13.0 Å². The molecule has 0 aromatic carbocycles. The maximum absolute atomic E-state index is 11.0. The van der Waals surface area contributed by atoms with Crippen molar-refractivity contribution in [2.45, 2.75) is 19.9 Å². The normalized spacial score (nSPS) is 30.3. The number of hydrogen-bond acceptors (Lipinski definition) is 2. The number of nitriles is 1. The van der Waals surface area contributed by atoms with Crippen molar-refractivity contribution in [1.29, 1.82) is 5.26 Å². The Labute approximate surface area is 65.7 Å². The monoisotopic (exact) mass is 150 g/mol. The Balaban J connectivity index is 2.90. The van der Waals surface area contributed by atoms with E-state index in [9.17, 15) is 4.79 Å². The fourth-order valence-electron chi connectivity index (χ4n) is 0.987. The van der Waals surface area contributed by atoms with Gasteiger partial charge in [-0.2, -0.15) is 5.26 Å². The molecule has 0 aromatic heterocycles. The van der Waals surface area contributed by atoms with Gasteiger partial charge in [0, 0.05) is 6.04 Å². The number of amides is 1. The molecule has 1 rings (SSSR count). The lowest BCUT2D eigenvalue weighted by atomic mass is 9.96. The first-order valence-electron chi connectivity index (χ1n) is 3.58. The fourth-order valence-corrected chi connectivity index (χ4v) is 0.987. The van der Waals surface area contributed by atoms with Crippen LogP contribution in [0.4, 0.5) is 0 Å². The molecule has 2 atom stereocenters. The minimum absolute atomic E-state index is 0.139. The zero-order valence-corrected chi connectivity index (χ0v) is 6.59. The molecular weight excluding hydrogens is 140 g/mol. The summed E-state index contributed by atoms with van der Waals surface area (Å²) in [6.07, 6.45) is 1.71. The number of hydrogen-bond donors (Lipinski definition) is 1. The molecule has 3 heteroatoms. The predicted molar refractivity (Wildman–Crippen MR) is 40.5 cm³/mol. The smallest absolute Gasteiger partial charge is 0.261 e. The van der Waals surface area contributed by atoms with Crippen LogP contribution >= 0.6 is 0 Å². The van der Waals surface area contributed by atoms with Crippen LogP contribution in [0.1, 0.15) is 13.8 Å². The van der Waals surface area contributed by atoms with E-state index >= 15 is 0 Å². The van der Waals surface area contributed by atoms with Crippen molar-refractivity contribution in [2.75, 3.05) is 0 Å². The van der Waals surface area contributed by atoms with Crippen LogP contribution in [0.25, 0.3) is 0 Å². The first-order chi connectivity index (χ1) is 5.15. The largest absolute Gasteiger partial charge is 0.348 e. The molecule has 0 saturated heterocycles. The fraction of sp³-hybridized carbons (Fsp3) is 0.500. The van der Waals surface area contributed by atoms with Gasteiger partial charge < -0.3 is 5.32 Å². The van der Waals surface area contributed by atoms with Crippen LogP contribution in [0.3, 0.4) is 0 Å². The van der Waals surface area contributed by atoms with E-state index in [1.54, 1.807) is 6.08 Å². The minimum atomic E-state index is -0.252. The van der Waals surface area contributed by atoms with Crippen molar-refractivity contribution < 1.29 is 4.79 Å². The van der Waals surface area contributed by atoms with Crippen LogP contribution in [0.2, 0.25) is 0 Å². The molecule has 0 fully saturated rings. The Hall–Kier alpha value is -1.30. The van der Waals surface area contributed by atoms with Crippen LogP contribution in [0.5, 0.6) is 0 Å². The van der Waals surface area contributed by atoms with Gasteiger partial charge in [0.2, 0.25) is 0 Å². The lowest BCUT2D eigenvalue weighted by Gasteiger charge is -2.22. The van der Waals surface area contributed by atoms with Gasteiger partial charge in [0.25, 0.3) is 5.91 Å². The summed E-state index contributed by atoms with van der Waals surface area (Å²) in [4.78, 5) is 11.0. The number of nitrogens with one attached hydrogen (secondary N) is 1. The zero-order chi connectivity index (χ0) is 8.43. The molecule has 2 unspecified atom stereocenters. The van der Waals surface area contributed by atoms with E-state index in [1.165, 1.54) is 0 Å². The van der Waals surface area contributed by atoms with E-state index in [-0.39, 0.29) is 23.4 Å². The Morgan fingerprint density at radius 1 is 1.64 bits per heavy atom. The summed E-state index contributed by atoms with van der Waals surface area (Å²) < 4.78 is 0. The van der Waals surface area contributed by atoms with Crippen LogP contribution in [0.15, 0.2) is 11.6 Å². The highest BCUT2D eigenvalue weighted by atomic mass is 16.1. The quantitative estimate of drug-likeness (QED) is 0.549. The van der Waals surface area contributed by atoms with Gasteiger partial charge in [0.1, 0.15) is 11.6 Å². The maximum Gasteiger partial charge on any atom is 0.261 e. The standard InChI is InChI=1S/C8H10N2O/c1-5-3-7(4-9)8(11)10-6(5)2/h3,5-6H,1-2H3,(H,10,11). The van der Waals surface area contributed by atoms with Gasteiger partial charge in [0.15, 0.2) is 0 Å². The summed E-state index contributed by atoms with van der Waals surface area (Å²) in [5.41, 5.74) is 0.232. The topological polar surface area (TPSA) is 52.9 Å². The van der Waals surface area contributed by atoms with E-state index in [2.05, 4.69) is 5.32 Å². The SMILES string of the molecule is CC1C=C(C#N)C(=O)NC1C. The predicted octanol–water partition coefficient (Wildman–Crippen LogP) is 0.591. The van der Waals surface area contributed by atoms with E-state index in [0.29, 0.717) is 0 Å². The second kappa shape index (κ2) is 2.75. The summed E-state index contributed by atoms with van der Waals surface area (Å²) in [7, 11) is 0. The summed E-state index contributed by atoms with van der Waals surface area (Å²) in [5.74, 6) is 0.000417. The molecule has 3 nitrogen and oxygen atoms in total. The average molecular weight is 150 g/mol. The average Bonchev–Trinajstić information content (AvgIpc) is 1.97. The first-order valence-corrected chi connectivity index (χ1v) is 3.58. The maximum atomic E-state index is 11.0. The summed E-state index contributed by atoms with van der Waals surface area (Å²) in [6, 6.07) is 1.99. The highest BCUT2D eigenvalue weighted by Gasteiger charge is 2.22. The van der Waals surface area contributed by atoms with Crippen molar-refractivity contribution in [2.24, 2.45) is 5.92 Å². The summed E-state index contributed by atoms with van der Waals surface area (Å²) >= 11 is 0. The van der Waals surface area contributed by atoms with Gasteiger partial charge in [0.05, 0.1) is 0 Å². The van der Waals surface area contributed by atoms with Gasteiger partial charge in [-0.15, -0.1) is 0 Å². The van der Waals surface area contributed by atoms with Gasteiger partial charge in [-0.05, 0) is 12.8 Å². The summed E-state index contributed by atoms with van der Waals surface area (Å²) in [6.45, 7) is 3.90. The summed E-state index contributed by atoms with van der Waals surface area (Å²) in [5, 5.41) is 11.2. The molecule has 58 valence electrons. The van der Waals surface area contributed by atoms with Crippen molar-refractivity contribution in [3.8, 4) is 6.07 Å². The Morgan fingerprint density at radius 2 is 2.27 bits per heavy atom. The van der Waals surface area contributed by atoms with Crippen molar-refractivity contribution >= 4 is 5.91 Å². The second-order valence-corrected chi connectivity index (χ2v) is 2.81. The highest BCUT2D eigenvalue weighted by Crippen LogP contribution is 2.13. The van der Waals surface area contributed by atoms with Crippen molar-refractivity contribution in [3.63, 3.8) is 0 Å². The molecule has 0 radical (unpaired) electrons. The first kappa shape index (κ1) is 7.80. The van der Waals surface area contributed by atoms with Crippen molar-refractivity contribution in [1.82, 2.24) is 5.32 Å². The number of carbonyl (C=O) groups is 1. The van der Waals surface area contributed by atoms with E-state index in [1.807, 2.05) is 19.9 Å². The molecule has 0 saturated carbocycles. The van der Waals surface area contributed by atoms with E-state index in [4.69, 9.17) is 5.26 Å².